The third-order valence-electron chi connectivity index (χ3n) is 5.48. The third kappa shape index (κ3) is 2.43. The summed E-state index contributed by atoms with van der Waals surface area (Å²) in [4.78, 5) is 4.58. The average Bonchev–Trinajstić information content (AvgIpc) is 2.75. The second kappa shape index (κ2) is 6.49. The van der Waals surface area contributed by atoms with Gasteiger partial charge in [-0.2, -0.15) is 4.57 Å². The van der Waals surface area contributed by atoms with E-state index in [0.717, 1.165) is 11.1 Å². The Labute approximate surface area is 169 Å². The van der Waals surface area contributed by atoms with E-state index >= 15 is 4.39 Å². The summed E-state index contributed by atoms with van der Waals surface area (Å²) in [5.74, 6) is -6.54. The molecule has 2 nitrogen and oxygen atoms in total. The number of hydrogen-bond acceptors (Lipinski definition) is 1. The first-order valence-corrected chi connectivity index (χ1v) is 9.33. The second-order valence-corrected chi connectivity index (χ2v) is 7.30. The number of benzene rings is 4. The molecule has 0 aliphatic rings. The van der Waals surface area contributed by atoms with Crippen LogP contribution in [0, 0.1) is 30.2 Å². The molecule has 30 heavy (non-hydrogen) atoms. The smallest absolute Gasteiger partial charge is 0.234 e. The van der Waals surface area contributed by atoms with Gasteiger partial charge in [0.1, 0.15) is 18.3 Å². The molecule has 0 aliphatic heterocycles. The van der Waals surface area contributed by atoms with Crippen molar-refractivity contribution in [3.8, 4) is 11.3 Å². The first-order chi connectivity index (χ1) is 14.4. The van der Waals surface area contributed by atoms with Crippen molar-refractivity contribution in [3.63, 3.8) is 0 Å². The van der Waals surface area contributed by atoms with Gasteiger partial charge in [0.05, 0.1) is 10.8 Å². The van der Waals surface area contributed by atoms with Crippen LogP contribution in [-0.4, -0.2) is 4.98 Å². The van der Waals surface area contributed by atoms with E-state index in [9.17, 15) is 13.2 Å². The normalized spacial score (nSPS) is 11.7. The van der Waals surface area contributed by atoms with Crippen LogP contribution in [0.5, 0.6) is 0 Å². The van der Waals surface area contributed by atoms with Gasteiger partial charge in [0.15, 0.2) is 29.5 Å². The van der Waals surface area contributed by atoms with Crippen LogP contribution in [0.1, 0.15) is 5.56 Å². The predicted molar refractivity (Wildman–Crippen MR) is 108 cm³/mol. The lowest BCUT2D eigenvalue weighted by Gasteiger charge is -2.13. The minimum absolute atomic E-state index is 0.0750. The monoisotopic (exact) mass is 407 g/mol. The van der Waals surface area contributed by atoms with Gasteiger partial charge in [0, 0.05) is 10.9 Å². The number of halogens is 4. The van der Waals surface area contributed by atoms with Gasteiger partial charge in [0.25, 0.3) is 0 Å². The second-order valence-electron chi connectivity index (χ2n) is 7.30. The van der Waals surface area contributed by atoms with Crippen LogP contribution in [0.2, 0.25) is 0 Å². The lowest BCUT2D eigenvalue weighted by molar-refractivity contribution is -0.643. The molecular formula is C24H15F4N2+. The van der Waals surface area contributed by atoms with E-state index in [1.807, 2.05) is 43.3 Å². The summed E-state index contributed by atoms with van der Waals surface area (Å²) in [5, 5.41) is 0.236. The third-order valence-corrected chi connectivity index (χ3v) is 5.48. The first kappa shape index (κ1) is 18.5. The Hall–Kier alpha value is -3.54. The van der Waals surface area contributed by atoms with Gasteiger partial charge in [0.2, 0.25) is 5.52 Å². The van der Waals surface area contributed by atoms with E-state index in [0.29, 0.717) is 22.0 Å². The minimum Gasteiger partial charge on any atom is -0.234 e. The van der Waals surface area contributed by atoms with E-state index < -0.39 is 23.3 Å². The van der Waals surface area contributed by atoms with Crippen molar-refractivity contribution in [2.45, 2.75) is 6.92 Å². The van der Waals surface area contributed by atoms with Gasteiger partial charge in [-0.15, -0.1) is 0 Å². The van der Waals surface area contributed by atoms with Crippen molar-refractivity contribution in [1.82, 2.24) is 4.98 Å². The van der Waals surface area contributed by atoms with Crippen molar-refractivity contribution in [2.75, 3.05) is 0 Å². The molecule has 1 aromatic heterocycles. The summed E-state index contributed by atoms with van der Waals surface area (Å²) >= 11 is 0. The Bertz CT molecular complexity index is 1490. The van der Waals surface area contributed by atoms with Crippen molar-refractivity contribution >= 4 is 32.6 Å². The average molecular weight is 407 g/mol. The van der Waals surface area contributed by atoms with Crippen molar-refractivity contribution in [2.24, 2.45) is 7.05 Å². The number of aryl methyl sites for hydroxylation is 2. The Morgan fingerprint density at radius 1 is 0.733 bits per heavy atom. The first-order valence-electron chi connectivity index (χ1n) is 9.33. The maximum absolute atomic E-state index is 15.0. The van der Waals surface area contributed by atoms with Crippen molar-refractivity contribution in [3.05, 3.63) is 83.6 Å². The van der Waals surface area contributed by atoms with Gasteiger partial charge in [-0.25, -0.2) is 22.5 Å². The number of aromatic nitrogens is 2. The van der Waals surface area contributed by atoms with E-state index in [1.165, 1.54) is 0 Å². The molecule has 0 atom stereocenters. The maximum atomic E-state index is 15.0. The predicted octanol–water partition coefficient (Wildman–Crippen LogP) is 5.90. The highest BCUT2D eigenvalue weighted by molar-refractivity contribution is 6.23. The van der Waals surface area contributed by atoms with Gasteiger partial charge < -0.3 is 0 Å². The topological polar surface area (TPSA) is 16.8 Å². The molecule has 0 fully saturated rings. The molecule has 0 N–H and O–H groups in total. The molecule has 4 aromatic carbocycles. The van der Waals surface area contributed by atoms with Crippen LogP contribution in [0.15, 0.2) is 54.7 Å². The zero-order valence-corrected chi connectivity index (χ0v) is 16.1. The number of hydrogen-bond donors (Lipinski definition) is 0. The lowest BCUT2D eigenvalue weighted by atomic mass is 9.95. The molecule has 0 bridgehead atoms. The van der Waals surface area contributed by atoms with E-state index in [4.69, 9.17) is 0 Å². The summed E-state index contributed by atoms with van der Waals surface area (Å²) in [6.07, 6.45) is 1.78. The molecule has 0 saturated heterocycles. The molecule has 0 saturated carbocycles. The maximum Gasteiger partial charge on any atom is 0.239 e. The SMILES string of the molecule is Cc1cccc2c3c(F)c(F)c(F)c(F)c3c3nc(-c4ccccc4)c[n+](C)c3c12. The molecule has 0 amide bonds. The molecule has 5 aromatic rings. The molecule has 0 unspecified atom stereocenters. The molecule has 0 radical (unpaired) electrons. The number of nitrogens with zero attached hydrogens (tertiary/aromatic N) is 2. The van der Waals surface area contributed by atoms with Gasteiger partial charge in [-0.3, -0.25) is 0 Å². The van der Waals surface area contributed by atoms with Crippen molar-refractivity contribution in [1.29, 1.82) is 0 Å². The molecule has 5 rings (SSSR count). The van der Waals surface area contributed by atoms with E-state index in [-0.39, 0.29) is 16.3 Å². The zero-order chi connectivity index (χ0) is 21.2. The van der Waals surface area contributed by atoms with Crippen LogP contribution in [-0.2, 0) is 7.05 Å². The highest BCUT2D eigenvalue weighted by Crippen LogP contribution is 2.39. The Morgan fingerprint density at radius 2 is 1.40 bits per heavy atom. The summed E-state index contributed by atoms with van der Waals surface area (Å²) < 4.78 is 60.1. The summed E-state index contributed by atoms with van der Waals surface area (Å²) in [7, 11) is 1.77. The number of fused-ring (bicyclic) bond motifs is 6. The van der Waals surface area contributed by atoms with E-state index in [2.05, 4.69) is 4.98 Å². The summed E-state index contributed by atoms with van der Waals surface area (Å²) in [5.41, 5.74) is 2.64. The molecular weight excluding hydrogens is 392 g/mol. The molecule has 6 heteroatoms. The molecule has 148 valence electrons. The molecule has 0 aliphatic carbocycles. The fraction of sp³-hybridized carbons (Fsp3) is 0.0833. The summed E-state index contributed by atoms with van der Waals surface area (Å²) in [6.45, 7) is 1.83. The quantitative estimate of drug-likeness (QED) is 0.111. The highest BCUT2D eigenvalue weighted by atomic mass is 19.2. The molecule has 0 spiro atoms. The van der Waals surface area contributed by atoms with Crippen LogP contribution < -0.4 is 4.57 Å². The zero-order valence-electron chi connectivity index (χ0n) is 16.1. The Kier molecular flexibility index (Phi) is 4.00. The van der Waals surface area contributed by atoms with Gasteiger partial charge in [-0.1, -0.05) is 48.5 Å². The fourth-order valence-electron chi connectivity index (χ4n) is 4.13. The van der Waals surface area contributed by atoms with Crippen LogP contribution in [0.3, 0.4) is 0 Å². The standard InChI is InChI=1S/C24H15F4N2/c1-12-7-6-10-14-16(12)24-23(18-17(14)19(25)21(27)22(28)20(18)26)29-15(11-30(24)2)13-8-4-3-5-9-13/h3-11H,1-2H3/q+1. The van der Waals surface area contributed by atoms with Gasteiger partial charge >= 0.3 is 0 Å². The van der Waals surface area contributed by atoms with Crippen LogP contribution >= 0.6 is 0 Å². The number of rotatable bonds is 1. The largest absolute Gasteiger partial charge is 0.239 e. The van der Waals surface area contributed by atoms with Gasteiger partial charge in [-0.05, 0) is 17.9 Å². The summed E-state index contributed by atoms with van der Waals surface area (Å²) in [6, 6.07) is 14.3. The molecule has 1 heterocycles. The fourth-order valence-corrected chi connectivity index (χ4v) is 4.13. The lowest BCUT2D eigenvalue weighted by Crippen LogP contribution is -2.30. The van der Waals surface area contributed by atoms with Crippen molar-refractivity contribution < 1.29 is 22.1 Å². The van der Waals surface area contributed by atoms with E-state index in [1.54, 1.807) is 29.9 Å². The van der Waals surface area contributed by atoms with Crippen LogP contribution in [0.4, 0.5) is 17.6 Å². The Balaban J connectivity index is 2.13. The minimum atomic E-state index is -1.84. The Morgan fingerprint density at radius 3 is 2.10 bits per heavy atom. The van der Waals surface area contributed by atoms with Crippen LogP contribution in [0.25, 0.3) is 43.8 Å². The highest BCUT2D eigenvalue weighted by Gasteiger charge is 2.28.